The number of nitrogens with zero attached hydrogens (tertiary/aromatic N) is 1. The van der Waals surface area contributed by atoms with E-state index in [1.807, 2.05) is 48.5 Å². The SMILES string of the molecule is CN1C(=O)C(=Cc2ccc(OCc3ccc(Br)cc3)cc2)NC1=S. The summed E-state index contributed by atoms with van der Waals surface area (Å²) in [5.74, 6) is 0.647. The fourth-order valence-electron chi connectivity index (χ4n) is 2.20. The van der Waals surface area contributed by atoms with Crippen LogP contribution in [0, 0.1) is 0 Å². The molecular formula is C18H15BrN2O2S. The van der Waals surface area contributed by atoms with Crippen LogP contribution >= 0.6 is 28.1 Å². The summed E-state index contributed by atoms with van der Waals surface area (Å²) in [5, 5.41) is 3.32. The Morgan fingerprint density at radius 3 is 2.42 bits per heavy atom. The highest BCUT2D eigenvalue weighted by Gasteiger charge is 2.26. The van der Waals surface area contributed by atoms with Crippen LogP contribution in [0.25, 0.3) is 6.08 Å². The summed E-state index contributed by atoms with van der Waals surface area (Å²) >= 11 is 8.46. The van der Waals surface area contributed by atoms with E-state index in [9.17, 15) is 4.79 Å². The first-order valence-corrected chi connectivity index (χ1v) is 8.51. The summed E-state index contributed by atoms with van der Waals surface area (Å²) < 4.78 is 6.81. The number of thiocarbonyl (C=S) groups is 1. The molecule has 0 radical (unpaired) electrons. The van der Waals surface area contributed by atoms with Crippen LogP contribution in [0.15, 0.2) is 58.7 Å². The highest BCUT2D eigenvalue weighted by molar-refractivity contribution is 9.10. The monoisotopic (exact) mass is 402 g/mol. The lowest BCUT2D eigenvalue weighted by Crippen LogP contribution is -2.25. The molecule has 24 heavy (non-hydrogen) atoms. The van der Waals surface area contributed by atoms with Crippen molar-refractivity contribution in [2.75, 3.05) is 7.05 Å². The van der Waals surface area contributed by atoms with Crippen molar-refractivity contribution in [2.24, 2.45) is 0 Å². The molecule has 0 atom stereocenters. The number of carbonyl (C=O) groups is 1. The van der Waals surface area contributed by atoms with Gasteiger partial charge in [-0.3, -0.25) is 9.69 Å². The minimum atomic E-state index is -0.129. The predicted molar refractivity (Wildman–Crippen MR) is 101 cm³/mol. The van der Waals surface area contributed by atoms with Crippen LogP contribution < -0.4 is 10.1 Å². The molecule has 0 saturated carbocycles. The van der Waals surface area contributed by atoms with Crippen molar-refractivity contribution >= 4 is 45.2 Å². The van der Waals surface area contributed by atoms with Gasteiger partial charge in [-0.1, -0.05) is 40.2 Å². The number of nitrogens with one attached hydrogen (secondary N) is 1. The standard InChI is InChI=1S/C18H15BrN2O2S/c1-21-17(22)16(20-18(21)24)10-12-4-8-15(9-5-12)23-11-13-2-6-14(19)7-3-13/h2-10H,11H2,1H3,(H,20,24). The summed E-state index contributed by atoms with van der Waals surface area (Å²) in [6.07, 6.45) is 1.77. The lowest BCUT2D eigenvalue weighted by Gasteiger charge is -2.07. The summed E-state index contributed by atoms with van der Waals surface area (Å²) in [6.45, 7) is 0.507. The van der Waals surface area contributed by atoms with Gasteiger partial charge in [0.05, 0.1) is 0 Å². The van der Waals surface area contributed by atoms with Gasteiger partial charge in [-0.05, 0) is 53.7 Å². The van der Waals surface area contributed by atoms with Crippen molar-refractivity contribution in [3.63, 3.8) is 0 Å². The number of benzene rings is 2. The van der Waals surface area contributed by atoms with Gasteiger partial charge in [-0.25, -0.2) is 0 Å². The first-order chi connectivity index (χ1) is 11.5. The minimum Gasteiger partial charge on any atom is -0.489 e. The molecule has 1 saturated heterocycles. The van der Waals surface area contributed by atoms with E-state index < -0.39 is 0 Å². The van der Waals surface area contributed by atoms with E-state index in [1.54, 1.807) is 13.1 Å². The topological polar surface area (TPSA) is 41.6 Å². The number of likely N-dealkylation sites (N-methyl/N-ethyl adjacent to an activating group) is 1. The van der Waals surface area contributed by atoms with Gasteiger partial charge < -0.3 is 10.1 Å². The summed E-state index contributed by atoms with van der Waals surface area (Å²) in [6, 6.07) is 15.6. The molecule has 4 nitrogen and oxygen atoms in total. The molecule has 0 spiro atoms. The van der Waals surface area contributed by atoms with Crippen LogP contribution in [0.4, 0.5) is 0 Å². The van der Waals surface area contributed by atoms with Crippen molar-refractivity contribution in [1.82, 2.24) is 10.2 Å². The van der Waals surface area contributed by atoms with Gasteiger partial charge >= 0.3 is 0 Å². The third-order valence-electron chi connectivity index (χ3n) is 3.59. The molecule has 0 bridgehead atoms. The van der Waals surface area contributed by atoms with Gasteiger partial charge in [-0.15, -0.1) is 0 Å². The first-order valence-electron chi connectivity index (χ1n) is 7.31. The molecule has 3 rings (SSSR count). The van der Waals surface area contributed by atoms with Crippen molar-refractivity contribution in [2.45, 2.75) is 6.61 Å². The van der Waals surface area contributed by atoms with E-state index in [1.165, 1.54) is 4.90 Å². The molecule has 0 aliphatic carbocycles. The Morgan fingerprint density at radius 1 is 1.17 bits per heavy atom. The van der Waals surface area contributed by atoms with Crippen LogP contribution in [-0.4, -0.2) is 23.0 Å². The first kappa shape index (κ1) is 16.7. The largest absolute Gasteiger partial charge is 0.489 e. The van der Waals surface area contributed by atoms with Crippen molar-refractivity contribution in [1.29, 1.82) is 0 Å². The van der Waals surface area contributed by atoms with Crippen molar-refractivity contribution in [3.05, 3.63) is 69.8 Å². The third-order valence-corrected chi connectivity index (χ3v) is 4.50. The Balaban J connectivity index is 1.64. The van der Waals surface area contributed by atoms with Gasteiger partial charge in [0.2, 0.25) is 0 Å². The molecule has 1 heterocycles. The highest BCUT2D eigenvalue weighted by Crippen LogP contribution is 2.18. The number of hydrogen-bond donors (Lipinski definition) is 1. The predicted octanol–water partition coefficient (Wildman–Crippen LogP) is 3.72. The van der Waals surface area contributed by atoms with Gasteiger partial charge in [-0.2, -0.15) is 0 Å². The van der Waals surface area contributed by atoms with E-state index >= 15 is 0 Å². The Hall–Kier alpha value is -2.18. The number of hydrogen-bond acceptors (Lipinski definition) is 3. The zero-order chi connectivity index (χ0) is 17.1. The molecule has 1 aliphatic heterocycles. The number of halogens is 1. The van der Waals surface area contributed by atoms with E-state index in [-0.39, 0.29) is 5.91 Å². The van der Waals surface area contributed by atoms with Crippen LogP contribution in [0.3, 0.4) is 0 Å². The van der Waals surface area contributed by atoms with E-state index in [0.717, 1.165) is 21.3 Å². The lowest BCUT2D eigenvalue weighted by atomic mass is 10.2. The van der Waals surface area contributed by atoms with Crippen LogP contribution in [0.2, 0.25) is 0 Å². The highest BCUT2D eigenvalue weighted by atomic mass is 79.9. The summed E-state index contributed by atoms with van der Waals surface area (Å²) in [7, 11) is 1.65. The van der Waals surface area contributed by atoms with E-state index in [2.05, 4.69) is 21.2 Å². The van der Waals surface area contributed by atoms with Crippen molar-refractivity contribution < 1.29 is 9.53 Å². The number of carbonyl (C=O) groups excluding carboxylic acids is 1. The molecule has 0 unspecified atom stereocenters. The molecule has 2 aromatic carbocycles. The van der Waals surface area contributed by atoms with E-state index in [4.69, 9.17) is 17.0 Å². The Kier molecular flexibility index (Phi) is 4.97. The molecule has 2 aromatic rings. The molecule has 0 aromatic heterocycles. The number of rotatable bonds is 4. The average molecular weight is 403 g/mol. The zero-order valence-corrected chi connectivity index (χ0v) is 15.4. The Labute approximate surface area is 154 Å². The van der Waals surface area contributed by atoms with E-state index in [0.29, 0.717) is 17.4 Å². The summed E-state index contributed by atoms with van der Waals surface area (Å²) in [4.78, 5) is 13.4. The zero-order valence-electron chi connectivity index (χ0n) is 13.0. The Bertz CT molecular complexity index is 801. The van der Waals surface area contributed by atoms with Crippen LogP contribution in [0.5, 0.6) is 5.75 Å². The number of ether oxygens (including phenoxy) is 1. The maximum atomic E-state index is 11.9. The van der Waals surface area contributed by atoms with Gasteiger partial charge in [0.1, 0.15) is 18.1 Å². The lowest BCUT2D eigenvalue weighted by molar-refractivity contribution is -0.121. The summed E-state index contributed by atoms with van der Waals surface area (Å²) in [5.41, 5.74) is 2.48. The molecule has 1 aliphatic rings. The quantitative estimate of drug-likeness (QED) is 0.624. The smallest absolute Gasteiger partial charge is 0.276 e. The second-order valence-electron chi connectivity index (χ2n) is 5.34. The molecule has 6 heteroatoms. The van der Waals surface area contributed by atoms with Gasteiger partial charge in [0.25, 0.3) is 5.91 Å². The molecule has 122 valence electrons. The maximum Gasteiger partial charge on any atom is 0.276 e. The number of amides is 1. The molecule has 1 amide bonds. The molecular weight excluding hydrogens is 388 g/mol. The van der Waals surface area contributed by atoms with Gasteiger partial charge in [0, 0.05) is 11.5 Å². The maximum absolute atomic E-state index is 11.9. The fourth-order valence-corrected chi connectivity index (χ4v) is 2.65. The minimum absolute atomic E-state index is 0.129. The van der Waals surface area contributed by atoms with Crippen molar-refractivity contribution in [3.8, 4) is 5.75 Å². The third kappa shape index (κ3) is 3.83. The fraction of sp³-hybridized carbons (Fsp3) is 0.111. The second kappa shape index (κ2) is 7.15. The van der Waals surface area contributed by atoms with Crippen LogP contribution in [0.1, 0.15) is 11.1 Å². The normalized spacial score (nSPS) is 15.8. The molecule has 1 N–H and O–H groups in total. The van der Waals surface area contributed by atoms with Crippen LogP contribution in [-0.2, 0) is 11.4 Å². The average Bonchev–Trinajstić information content (AvgIpc) is 2.83. The Morgan fingerprint density at radius 2 is 1.83 bits per heavy atom. The van der Waals surface area contributed by atoms with Gasteiger partial charge in [0.15, 0.2) is 5.11 Å². The molecule has 1 fully saturated rings. The second-order valence-corrected chi connectivity index (χ2v) is 6.64.